The Balaban J connectivity index is 1.96. The quantitative estimate of drug-likeness (QED) is 0.863. The van der Waals surface area contributed by atoms with Crippen LogP contribution in [0.2, 0.25) is 0 Å². The third-order valence-electron chi connectivity index (χ3n) is 5.17. The molecule has 3 atom stereocenters. The summed E-state index contributed by atoms with van der Waals surface area (Å²) in [6.07, 6.45) is 4.08. The van der Waals surface area contributed by atoms with Crippen LogP contribution in [0.4, 0.5) is 0 Å². The average Bonchev–Trinajstić information content (AvgIpc) is 2.95. The van der Waals surface area contributed by atoms with Gasteiger partial charge < -0.3 is 10.2 Å². The molecule has 5 heteroatoms. The number of carbonyl (C=O) groups excluding carboxylic acids is 1. The van der Waals surface area contributed by atoms with Crippen molar-refractivity contribution in [2.75, 3.05) is 20.1 Å². The molecule has 0 bridgehead atoms. The maximum Gasteiger partial charge on any atom is 0.223 e. The number of hydrogen-bond acceptors (Lipinski definition) is 4. The molecule has 1 fully saturated rings. The van der Waals surface area contributed by atoms with E-state index in [-0.39, 0.29) is 11.9 Å². The molecule has 3 unspecified atom stereocenters. The van der Waals surface area contributed by atoms with Gasteiger partial charge in [0.15, 0.2) is 0 Å². The van der Waals surface area contributed by atoms with Gasteiger partial charge in [-0.25, -0.2) is 4.98 Å². The fraction of sp³-hybridized carbons (Fsp3) is 0.778. The lowest BCUT2D eigenvalue weighted by molar-refractivity contribution is -0.133. The molecule has 1 aromatic rings. The monoisotopic (exact) mass is 337 g/mol. The van der Waals surface area contributed by atoms with E-state index in [0.717, 1.165) is 30.2 Å². The average molecular weight is 338 g/mol. The SMILES string of the molecule is CCc1nc(C)c(C(C)N(C)C(=O)CC(C)C2CCCNC2)s1. The first-order chi connectivity index (χ1) is 10.9. The van der Waals surface area contributed by atoms with Crippen molar-refractivity contribution < 1.29 is 4.79 Å². The number of thiazole rings is 1. The van der Waals surface area contributed by atoms with Crippen LogP contribution in [-0.2, 0) is 11.2 Å². The summed E-state index contributed by atoms with van der Waals surface area (Å²) in [4.78, 5) is 20.4. The van der Waals surface area contributed by atoms with Crippen LogP contribution in [0.15, 0.2) is 0 Å². The number of rotatable bonds is 6. The molecular weight excluding hydrogens is 306 g/mol. The highest BCUT2D eigenvalue weighted by Crippen LogP contribution is 2.30. The van der Waals surface area contributed by atoms with E-state index in [1.165, 1.54) is 17.7 Å². The van der Waals surface area contributed by atoms with Crippen LogP contribution in [-0.4, -0.2) is 35.9 Å². The summed E-state index contributed by atoms with van der Waals surface area (Å²) < 4.78 is 0. The van der Waals surface area contributed by atoms with Gasteiger partial charge in [-0.05, 0) is 58.0 Å². The van der Waals surface area contributed by atoms with Crippen molar-refractivity contribution in [3.05, 3.63) is 15.6 Å². The summed E-state index contributed by atoms with van der Waals surface area (Å²) in [5.41, 5.74) is 1.07. The minimum atomic E-state index is 0.108. The van der Waals surface area contributed by atoms with Crippen molar-refractivity contribution in [3.8, 4) is 0 Å². The Labute approximate surface area is 144 Å². The van der Waals surface area contributed by atoms with Gasteiger partial charge in [-0.2, -0.15) is 0 Å². The Morgan fingerprint density at radius 2 is 2.22 bits per heavy atom. The molecule has 23 heavy (non-hydrogen) atoms. The Morgan fingerprint density at radius 3 is 2.78 bits per heavy atom. The predicted octanol–water partition coefficient (Wildman–Crippen LogP) is 3.56. The summed E-state index contributed by atoms with van der Waals surface area (Å²) in [5, 5.41) is 4.61. The van der Waals surface area contributed by atoms with Gasteiger partial charge in [-0.15, -0.1) is 11.3 Å². The van der Waals surface area contributed by atoms with E-state index in [1.54, 1.807) is 11.3 Å². The Hall–Kier alpha value is -0.940. The zero-order valence-electron chi connectivity index (χ0n) is 15.2. The molecule has 0 saturated carbocycles. The summed E-state index contributed by atoms with van der Waals surface area (Å²) in [5.74, 6) is 1.33. The van der Waals surface area contributed by atoms with Crippen LogP contribution in [0.5, 0.6) is 0 Å². The number of hydrogen-bond donors (Lipinski definition) is 1. The third kappa shape index (κ3) is 4.54. The first-order valence-electron chi connectivity index (χ1n) is 8.86. The Bertz CT molecular complexity index is 522. The van der Waals surface area contributed by atoms with E-state index in [2.05, 4.69) is 38.0 Å². The Morgan fingerprint density at radius 1 is 1.48 bits per heavy atom. The van der Waals surface area contributed by atoms with Crippen molar-refractivity contribution in [1.82, 2.24) is 15.2 Å². The second-order valence-electron chi connectivity index (χ2n) is 6.88. The van der Waals surface area contributed by atoms with Crippen LogP contribution in [0.1, 0.15) is 61.7 Å². The molecule has 0 aliphatic carbocycles. The largest absolute Gasteiger partial charge is 0.338 e. The maximum absolute atomic E-state index is 12.7. The standard InChI is InChI=1S/C18H31N3OS/c1-6-16-20-13(3)18(23-16)14(4)21(5)17(22)10-12(2)15-8-7-9-19-11-15/h12,14-15,19H,6-11H2,1-5H3. The maximum atomic E-state index is 12.7. The van der Waals surface area contributed by atoms with Gasteiger partial charge in [0.1, 0.15) is 0 Å². The molecule has 130 valence electrons. The summed E-state index contributed by atoms with van der Waals surface area (Å²) in [7, 11) is 1.93. The van der Waals surface area contributed by atoms with E-state index < -0.39 is 0 Å². The summed E-state index contributed by atoms with van der Waals surface area (Å²) >= 11 is 1.75. The fourth-order valence-electron chi connectivity index (χ4n) is 3.35. The van der Waals surface area contributed by atoms with E-state index >= 15 is 0 Å². The fourth-order valence-corrected chi connectivity index (χ4v) is 4.45. The van der Waals surface area contributed by atoms with Crippen molar-refractivity contribution >= 4 is 17.2 Å². The number of amides is 1. The molecule has 0 spiro atoms. The lowest BCUT2D eigenvalue weighted by Gasteiger charge is -2.30. The van der Waals surface area contributed by atoms with Crippen molar-refractivity contribution in [2.24, 2.45) is 11.8 Å². The summed E-state index contributed by atoms with van der Waals surface area (Å²) in [6, 6.07) is 0.108. The first-order valence-corrected chi connectivity index (χ1v) is 9.68. The highest BCUT2D eigenvalue weighted by atomic mass is 32.1. The molecule has 4 nitrogen and oxygen atoms in total. The van der Waals surface area contributed by atoms with Crippen molar-refractivity contribution in [2.45, 2.75) is 59.4 Å². The zero-order chi connectivity index (χ0) is 17.0. The number of carbonyl (C=O) groups is 1. The van der Waals surface area contributed by atoms with E-state index in [9.17, 15) is 4.79 Å². The van der Waals surface area contributed by atoms with Crippen LogP contribution in [0.3, 0.4) is 0 Å². The van der Waals surface area contributed by atoms with Crippen LogP contribution in [0, 0.1) is 18.8 Å². The smallest absolute Gasteiger partial charge is 0.223 e. The lowest BCUT2D eigenvalue weighted by Crippen LogP contribution is -2.36. The first kappa shape index (κ1) is 18.4. The van der Waals surface area contributed by atoms with Crippen molar-refractivity contribution in [1.29, 1.82) is 0 Å². The molecule has 1 aliphatic rings. The van der Waals surface area contributed by atoms with Gasteiger partial charge in [0.2, 0.25) is 5.91 Å². The summed E-state index contributed by atoms with van der Waals surface area (Å²) in [6.45, 7) is 10.7. The number of aromatic nitrogens is 1. The molecule has 1 aromatic heterocycles. The zero-order valence-corrected chi connectivity index (χ0v) is 16.0. The number of nitrogens with zero attached hydrogens (tertiary/aromatic N) is 2. The molecule has 0 aromatic carbocycles. The molecule has 2 heterocycles. The molecular formula is C18H31N3OS. The minimum absolute atomic E-state index is 0.108. The van der Waals surface area contributed by atoms with Gasteiger partial charge >= 0.3 is 0 Å². The van der Waals surface area contributed by atoms with Crippen LogP contribution in [0.25, 0.3) is 0 Å². The third-order valence-corrected chi connectivity index (χ3v) is 6.64. The van der Waals surface area contributed by atoms with Gasteiger partial charge in [0.05, 0.1) is 16.7 Å². The second kappa shape index (κ2) is 8.25. The van der Waals surface area contributed by atoms with E-state index in [4.69, 9.17) is 0 Å². The highest BCUT2D eigenvalue weighted by molar-refractivity contribution is 7.11. The molecule has 0 radical (unpaired) electrons. The van der Waals surface area contributed by atoms with Gasteiger partial charge in [0.25, 0.3) is 0 Å². The number of aryl methyl sites for hydroxylation is 2. The van der Waals surface area contributed by atoms with Gasteiger partial charge in [-0.1, -0.05) is 13.8 Å². The predicted molar refractivity (Wildman–Crippen MR) is 96.8 cm³/mol. The van der Waals surface area contributed by atoms with E-state index in [0.29, 0.717) is 18.3 Å². The molecule has 2 rings (SSSR count). The van der Waals surface area contributed by atoms with Crippen molar-refractivity contribution in [3.63, 3.8) is 0 Å². The van der Waals surface area contributed by atoms with E-state index in [1.807, 2.05) is 11.9 Å². The highest BCUT2D eigenvalue weighted by Gasteiger charge is 2.26. The molecule has 1 amide bonds. The topological polar surface area (TPSA) is 45.2 Å². The van der Waals surface area contributed by atoms with Gasteiger partial charge in [0, 0.05) is 18.3 Å². The second-order valence-corrected chi connectivity index (χ2v) is 7.99. The lowest BCUT2D eigenvalue weighted by atomic mass is 9.85. The van der Waals surface area contributed by atoms with Crippen LogP contribution < -0.4 is 5.32 Å². The minimum Gasteiger partial charge on any atom is -0.338 e. The normalized spacial score (nSPS) is 21.0. The molecule has 1 saturated heterocycles. The number of piperidine rings is 1. The Kier molecular flexibility index (Phi) is 6.60. The molecule has 1 aliphatic heterocycles. The number of nitrogens with one attached hydrogen (secondary N) is 1. The van der Waals surface area contributed by atoms with Crippen LogP contribution >= 0.6 is 11.3 Å². The molecule has 1 N–H and O–H groups in total. The van der Waals surface area contributed by atoms with Gasteiger partial charge in [-0.3, -0.25) is 4.79 Å².